The van der Waals surface area contributed by atoms with Gasteiger partial charge in [-0.05, 0) is 25.5 Å². The minimum atomic E-state index is -0.854. The van der Waals surface area contributed by atoms with E-state index in [4.69, 9.17) is 9.07 Å². The van der Waals surface area contributed by atoms with Crippen LogP contribution in [-0.2, 0) is 25.8 Å². The van der Waals surface area contributed by atoms with Crippen LogP contribution in [-0.4, -0.2) is 28.3 Å². The van der Waals surface area contributed by atoms with Crippen LogP contribution in [0.2, 0.25) is 0 Å². The number of nitrogens with zero attached hydrogens (tertiary/aromatic N) is 2. The smallest absolute Gasteiger partial charge is 0.210 e. The number of hydrogen-bond donors (Lipinski definition) is 0. The number of benzene rings is 1. The van der Waals surface area contributed by atoms with Gasteiger partial charge in [-0.25, -0.2) is 4.89 Å². The lowest BCUT2D eigenvalue weighted by molar-refractivity contribution is -0.160. The quantitative estimate of drug-likeness (QED) is 0.445. The lowest BCUT2D eigenvalue weighted by atomic mass is 9.91. The van der Waals surface area contributed by atoms with Gasteiger partial charge in [-0.3, -0.25) is 9.48 Å². The van der Waals surface area contributed by atoms with Crippen LogP contribution in [0.3, 0.4) is 0 Å². The van der Waals surface area contributed by atoms with E-state index in [0.29, 0.717) is 17.8 Å². The van der Waals surface area contributed by atoms with Gasteiger partial charge in [0.15, 0.2) is 5.60 Å². The molecule has 2 heterocycles. The van der Waals surface area contributed by atoms with E-state index < -0.39 is 5.60 Å². The van der Waals surface area contributed by atoms with Crippen LogP contribution in [0.15, 0.2) is 41.6 Å². The number of carbonyl (C=O) groups excluding carboxylic acids is 1. The van der Waals surface area contributed by atoms with Gasteiger partial charge >= 0.3 is 0 Å². The topological polar surface area (TPSA) is 62.6 Å². The summed E-state index contributed by atoms with van der Waals surface area (Å²) in [6.45, 7) is 3.78. The van der Waals surface area contributed by atoms with Crippen molar-refractivity contribution in [3.63, 3.8) is 0 Å². The summed E-state index contributed by atoms with van der Waals surface area (Å²) in [7, 11) is 3.28. The van der Waals surface area contributed by atoms with Gasteiger partial charge in [0.25, 0.3) is 0 Å². The van der Waals surface area contributed by atoms with Crippen LogP contribution in [0.25, 0.3) is 11.3 Å². The Labute approximate surface area is 150 Å². The van der Waals surface area contributed by atoms with E-state index in [1.54, 1.807) is 10.9 Å². The summed E-state index contributed by atoms with van der Waals surface area (Å²) < 4.78 is 12.7. The summed E-state index contributed by atoms with van der Waals surface area (Å²) >= 11 is 1.12. The third-order valence-electron chi connectivity index (χ3n) is 4.24. The van der Waals surface area contributed by atoms with Crippen molar-refractivity contribution in [3.05, 3.63) is 47.8 Å². The molecule has 6 nitrogen and oxygen atoms in total. The zero-order valence-electron chi connectivity index (χ0n) is 14.6. The molecular formula is C18H20N2O4S. The fourth-order valence-corrected chi connectivity index (χ4v) is 3.07. The molecule has 25 heavy (non-hydrogen) atoms. The Balaban J connectivity index is 2.02. The summed E-state index contributed by atoms with van der Waals surface area (Å²) in [5.74, 6) is 0.575. The molecular weight excluding hydrogens is 340 g/mol. The van der Waals surface area contributed by atoms with Gasteiger partial charge in [0.1, 0.15) is 5.76 Å². The molecule has 0 spiro atoms. The molecule has 1 atom stereocenters. The molecule has 2 aromatic rings. The van der Waals surface area contributed by atoms with Crippen molar-refractivity contribution in [1.29, 1.82) is 0 Å². The fraction of sp³-hybridized carbons (Fsp3) is 0.333. The normalized spacial score (nSPS) is 20.2. The van der Waals surface area contributed by atoms with Gasteiger partial charge in [0, 0.05) is 29.3 Å². The minimum absolute atomic E-state index is 0.0147. The van der Waals surface area contributed by atoms with Gasteiger partial charge in [0.05, 0.1) is 30.9 Å². The lowest BCUT2D eigenvalue weighted by Gasteiger charge is -2.21. The summed E-state index contributed by atoms with van der Waals surface area (Å²) in [6.07, 6.45) is 4.11. The van der Waals surface area contributed by atoms with Crippen molar-refractivity contribution in [2.45, 2.75) is 30.8 Å². The summed E-state index contributed by atoms with van der Waals surface area (Å²) in [5.41, 5.74) is 1.32. The Bertz CT molecular complexity index is 813. The third-order valence-corrected chi connectivity index (χ3v) is 4.91. The average Bonchev–Trinajstić information content (AvgIpc) is 3.15. The lowest BCUT2D eigenvalue weighted by Crippen LogP contribution is -2.32. The van der Waals surface area contributed by atoms with Gasteiger partial charge in [-0.15, -0.1) is 0 Å². The molecule has 7 heteroatoms. The standard InChI is InChI=1S/C18H20N2O4S/c1-5-18(2)17(21)15(13-10-19-20(3)11-13)16(23-18)12-6-8-14(9-7-12)25-24-22-4/h6-11H,5H2,1-4H3. The maximum atomic E-state index is 13.0. The number of rotatable bonds is 6. The first-order valence-corrected chi connectivity index (χ1v) is 8.67. The highest BCUT2D eigenvalue weighted by atomic mass is 32.2. The molecule has 1 aromatic carbocycles. The molecule has 0 aliphatic carbocycles. The number of aryl methyl sites for hydroxylation is 1. The maximum Gasteiger partial charge on any atom is 0.210 e. The SMILES string of the molecule is CCC1(C)OC(c2ccc(SOOC)cc2)=C(c2cnn(C)c2)C1=O. The second kappa shape index (κ2) is 7.03. The van der Waals surface area contributed by atoms with E-state index in [9.17, 15) is 4.79 Å². The highest BCUT2D eigenvalue weighted by Gasteiger charge is 2.45. The zero-order valence-corrected chi connectivity index (χ0v) is 15.4. The molecule has 3 rings (SSSR count). The minimum Gasteiger partial charge on any atom is -0.478 e. The van der Waals surface area contributed by atoms with Crippen LogP contribution in [0.5, 0.6) is 0 Å². The number of ether oxygens (including phenoxy) is 1. The number of aromatic nitrogens is 2. The Hall–Kier alpha value is -2.09. The molecule has 0 fully saturated rings. The van der Waals surface area contributed by atoms with Gasteiger partial charge in [-0.1, -0.05) is 19.1 Å². The largest absolute Gasteiger partial charge is 0.478 e. The number of hydrogen-bond acceptors (Lipinski definition) is 6. The average molecular weight is 360 g/mol. The molecule has 0 amide bonds. The van der Waals surface area contributed by atoms with Gasteiger partial charge in [-0.2, -0.15) is 9.43 Å². The highest BCUT2D eigenvalue weighted by Crippen LogP contribution is 2.43. The van der Waals surface area contributed by atoms with Crippen LogP contribution in [0.4, 0.5) is 0 Å². The molecule has 1 aliphatic rings. The Morgan fingerprint density at radius 3 is 2.56 bits per heavy atom. The van der Waals surface area contributed by atoms with Gasteiger partial charge in [0.2, 0.25) is 5.78 Å². The van der Waals surface area contributed by atoms with E-state index >= 15 is 0 Å². The monoisotopic (exact) mass is 360 g/mol. The molecule has 0 saturated heterocycles. The first kappa shape index (κ1) is 17.7. The molecule has 1 aliphatic heterocycles. The van der Waals surface area contributed by atoms with E-state index in [1.165, 1.54) is 7.11 Å². The highest BCUT2D eigenvalue weighted by molar-refractivity contribution is 7.94. The second-order valence-corrected chi connectivity index (χ2v) is 6.74. The summed E-state index contributed by atoms with van der Waals surface area (Å²) in [6, 6.07) is 7.59. The Morgan fingerprint density at radius 1 is 1.28 bits per heavy atom. The molecule has 0 saturated carbocycles. The van der Waals surface area contributed by atoms with Crippen LogP contribution in [0.1, 0.15) is 31.4 Å². The maximum absolute atomic E-state index is 13.0. The van der Waals surface area contributed by atoms with Crippen molar-refractivity contribution in [2.75, 3.05) is 7.11 Å². The Morgan fingerprint density at radius 2 is 2.00 bits per heavy atom. The van der Waals surface area contributed by atoms with Crippen LogP contribution in [0, 0.1) is 0 Å². The van der Waals surface area contributed by atoms with Crippen LogP contribution >= 0.6 is 12.0 Å². The summed E-state index contributed by atoms with van der Waals surface area (Å²) in [5, 5.41) is 4.19. The van der Waals surface area contributed by atoms with E-state index in [1.807, 2.05) is 51.4 Å². The molecule has 132 valence electrons. The van der Waals surface area contributed by atoms with Crippen molar-refractivity contribution in [1.82, 2.24) is 9.78 Å². The van der Waals surface area contributed by atoms with E-state index in [2.05, 4.69) is 9.99 Å². The van der Waals surface area contributed by atoms with Crippen molar-refractivity contribution in [2.24, 2.45) is 7.05 Å². The molecule has 0 radical (unpaired) electrons. The van der Waals surface area contributed by atoms with Crippen LogP contribution < -0.4 is 0 Å². The molecule has 0 bridgehead atoms. The Kier molecular flexibility index (Phi) is 4.99. The van der Waals surface area contributed by atoms with Crippen molar-refractivity contribution < 1.29 is 18.8 Å². The molecule has 0 N–H and O–H groups in total. The first-order valence-electron chi connectivity index (χ1n) is 7.93. The van der Waals surface area contributed by atoms with E-state index in [-0.39, 0.29) is 5.78 Å². The summed E-state index contributed by atoms with van der Waals surface area (Å²) in [4.78, 5) is 18.5. The number of carbonyl (C=O) groups is 1. The number of ketones is 1. The van der Waals surface area contributed by atoms with Crippen molar-refractivity contribution >= 4 is 29.2 Å². The third kappa shape index (κ3) is 3.35. The first-order chi connectivity index (χ1) is 12.0. The molecule has 1 unspecified atom stereocenters. The zero-order chi connectivity index (χ0) is 18.0. The predicted molar refractivity (Wildman–Crippen MR) is 95.2 cm³/mol. The second-order valence-electron chi connectivity index (χ2n) is 5.96. The predicted octanol–water partition coefficient (Wildman–Crippen LogP) is 3.64. The van der Waals surface area contributed by atoms with E-state index in [0.717, 1.165) is 28.1 Å². The molecule has 1 aromatic heterocycles. The van der Waals surface area contributed by atoms with Gasteiger partial charge < -0.3 is 4.74 Å². The fourth-order valence-electron chi connectivity index (χ4n) is 2.67. The number of Topliss-reactive ketones (excluding diaryl/α,β-unsaturated/α-hetero) is 1. The van der Waals surface area contributed by atoms with Crippen molar-refractivity contribution in [3.8, 4) is 0 Å².